The van der Waals surface area contributed by atoms with Crippen molar-refractivity contribution in [3.63, 3.8) is 0 Å². The Kier molecular flexibility index (Phi) is 4.72. The lowest BCUT2D eigenvalue weighted by atomic mass is 9.84. The predicted molar refractivity (Wildman–Crippen MR) is 128 cm³/mol. The van der Waals surface area contributed by atoms with E-state index in [-0.39, 0.29) is 23.7 Å². The van der Waals surface area contributed by atoms with E-state index in [1.165, 1.54) is 40.2 Å². The lowest BCUT2D eigenvalue weighted by Crippen LogP contribution is -2.23. The third-order valence-corrected chi connectivity index (χ3v) is 9.44. The molecule has 0 saturated carbocycles. The Morgan fingerprint density at radius 3 is 2.35 bits per heavy atom. The predicted octanol–water partition coefficient (Wildman–Crippen LogP) is 6.14. The lowest BCUT2D eigenvalue weighted by molar-refractivity contribution is -0.136. The van der Waals surface area contributed by atoms with Gasteiger partial charge in [-0.2, -0.15) is 0 Å². The van der Waals surface area contributed by atoms with E-state index in [2.05, 4.69) is 66.8 Å². The molecule has 3 aromatic rings. The average molecular weight is 426 g/mol. The molecule has 0 aromatic heterocycles. The summed E-state index contributed by atoms with van der Waals surface area (Å²) in [4.78, 5) is 15.0. The summed E-state index contributed by atoms with van der Waals surface area (Å²) < 4.78 is 6.14. The first-order valence-corrected chi connectivity index (χ1v) is 12.7. The van der Waals surface area contributed by atoms with Crippen LogP contribution in [0.25, 0.3) is 10.8 Å². The molecule has 3 aromatic carbocycles. The van der Waals surface area contributed by atoms with Crippen molar-refractivity contribution in [2.45, 2.75) is 29.6 Å². The Balaban J connectivity index is 1.37. The van der Waals surface area contributed by atoms with Crippen LogP contribution >= 0.6 is 0 Å². The van der Waals surface area contributed by atoms with Gasteiger partial charge in [0.25, 0.3) is 0 Å². The number of hydrogen-bond donors (Lipinski definition) is 0. The number of hydrogen-bond acceptors (Lipinski definition) is 2. The van der Waals surface area contributed by atoms with E-state index >= 15 is 0 Å². The number of benzene rings is 3. The maximum absolute atomic E-state index is 13.5. The normalized spacial score (nSPS) is 24.3. The fourth-order valence-electron chi connectivity index (χ4n) is 5.47. The van der Waals surface area contributed by atoms with Gasteiger partial charge in [0.2, 0.25) is 0 Å². The fraction of sp³-hybridized carbons (Fsp3) is 0.250. The topological polar surface area (TPSA) is 26.3 Å². The van der Waals surface area contributed by atoms with E-state index in [0.29, 0.717) is 16.6 Å². The lowest BCUT2D eigenvalue weighted by Gasteiger charge is -2.21. The molecule has 3 unspecified atom stereocenters. The highest BCUT2D eigenvalue weighted by Gasteiger charge is 2.43. The van der Waals surface area contributed by atoms with E-state index in [0.717, 1.165) is 10.9 Å². The fourth-order valence-corrected chi connectivity index (χ4v) is 7.97. The van der Waals surface area contributed by atoms with E-state index in [9.17, 15) is 4.79 Å². The highest BCUT2D eigenvalue weighted by atomic mass is 32.2. The van der Waals surface area contributed by atoms with E-state index < -0.39 is 0 Å². The zero-order valence-corrected chi connectivity index (χ0v) is 18.2. The summed E-state index contributed by atoms with van der Waals surface area (Å²) in [6, 6.07) is 21.0. The minimum atomic E-state index is -0.266. The number of ether oxygens (including phenoxy) is 1. The monoisotopic (exact) mass is 425 g/mol. The molecule has 3 heteroatoms. The number of esters is 1. The molecule has 3 aliphatic rings. The minimum Gasteiger partial charge on any atom is -0.425 e. The second-order valence-corrected chi connectivity index (χ2v) is 10.9. The van der Waals surface area contributed by atoms with Crippen LogP contribution in [0.5, 0.6) is 5.75 Å². The van der Waals surface area contributed by atoms with Crippen LogP contribution in [-0.2, 0) is 15.7 Å². The van der Waals surface area contributed by atoms with Crippen LogP contribution in [0.4, 0.5) is 0 Å². The molecule has 154 valence electrons. The first kappa shape index (κ1) is 18.9. The molecule has 2 nitrogen and oxygen atoms in total. The Labute approximate surface area is 186 Å². The summed E-state index contributed by atoms with van der Waals surface area (Å²) >= 11 is 0. The maximum atomic E-state index is 13.5. The zero-order valence-electron chi connectivity index (χ0n) is 17.4. The number of rotatable bonds is 3. The molecule has 0 spiro atoms. The molecular formula is C28H25O2S+. The molecule has 0 radical (unpaired) electrons. The summed E-state index contributed by atoms with van der Waals surface area (Å²) in [6.07, 6.45) is 11.2. The molecule has 1 saturated heterocycles. The van der Waals surface area contributed by atoms with Gasteiger partial charge >= 0.3 is 5.97 Å². The molecule has 1 aliphatic heterocycles. The molecule has 3 atom stereocenters. The van der Waals surface area contributed by atoms with Gasteiger partial charge in [-0.15, -0.1) is 0 Å². The molecule has 2 aliphatic carbocycles. The largest absolute Gasteiger partial charge is 0.425 e. The van der Waals surface area contributed by atoms with Gasteiger partial charge < -0.3 is 4.74 Å². The van der Waals surface area contributed by atoms with Crippen molar-refractivity contribution >= 4 is 27.6 Å². The second kappa shape index (κ2) is 7.72. The molecule has 0 bridgehead atoms. The summed E-state index contributed by atoms with van der Waals surface area (Å²) in [5.74, 6) is 3.21. The van der Waals surface area contributed by atoms with Gasteiger partial charge in [0.15, 0.2) is 4.90 Å². The van der Waals surface area contributed by atoms with Crippen molar-refractivity contribution in [2.24, 2.45) is 5.92 Å². The number of allylic oxidation sites excluding steroid dienone is 4. The molecular weight excluding hydrogens is 400 g/mol. The minimum absolute atomic E-state index is 0.125. The Hall–Kier alpha value is -2.78. The van der Waals surface area contributed by atoms with E-state index in [1.807, 2.05) is 18.2 Å². The summed E-state index contributed by atoms with van der Waals surface area (Å²) in [5, 5.41) is 2.29. The van der Waals surface area contributed by atoms with E-state index in [4.69, 9.17) is 4.74 Å². The van der Waals surface area contributed by atoms with Crippen LogP contribution in [0.3, 0.4) is 0 Å². The Bertz CT molecular complexity index is 1220. The summed E-state index contributed by atoms with van der Waals surface area (Å²) in [5.41, 5.74) is 2.35. The standard InChI is InChI=1S/C28H25O2S/c29-28(27-23-13-5-1-9-19(23)20-10-2-6-14-24(20)27)30-25-15-16-26(31-17-7-8-18-31)22-12-4-3-11-21(22)25/h1-6,9-16,19,23,27H,7-8,17-18H2/q+1. The van der Waals surface area contributed by atoms with Crippen LogP contribution in [0.2, 0.25) is 0 Å². The average Bonchev–Trinajstić information content (AvgIpc) is 3.46. The maximum Gasteiger partial charge on any atom is 0.319 e. The van der Waals surface area contributed by atoms with Gasteiger partial charge in [0.1, 0.15) is 17.3 Å². The van der Waals surface area contributed by atoms with Crippen molar-refractivity contribution in [1.82, 2.24) is 0 Å². The number of carbonyl (C=O) groups excluding carboxylic acids is 1. The van der Waals surface area contributed by atoms with Gasteiger partial charge in [-0.1, -0.05) is 66.8 Å². The number of carbonyl (C=O) groups is 1. The first-order chi connectivity index (χ1) is 15.3. The van der Waals surface area contributed by atoms with Crippen molar-refractivity contribution in [3.8, 4) is 5.75 Å². The molecule has 1 heterocycles. The zero-order chi connectivity index (χ0) is 20.8. The van der Waals surface area contributed by atoms with Crippen LogP contribution in [-0.4, -0.2) is 17.5 Å². The van der Waals surface area contributed by atoms with Crippen molar-refractivity contribution in [2.75, 3.05) is 11.5 Å². The van der Waals surface area contributed by atoms with Crippen molar-refractivity contribution in [1.29, 1.82) is 0 Å². The van der Waals surface area contributed by atoms with Crippen molar-refractivity contribution in [3.05, 3.63) is 96.1 Å². The van der Waals surface area contributed by atoms with Crippen LogP contribution in [0.15, 0.2) is 89.9 Å². The van der Waals surface area contributed by atoms with Gasteiger partial charge in [-0.3, -0.25) is 4.79 Å². The molecule has 31 heavy (non-hydrogen) atoms. The molecule has 0 N–H and O–H groups in total. The molecule has 6 rings (SSSR count). The van der Waals surface area contributed by atoms with Gasteiger partial charge in [0.05, 0.1) is 5.92 Å². The van der Waals surface area contributed by atoms with Gasteiger partial charge in [0, 0.05) is 33.5 Å². The van der Waals surface area contributed by atoms with Gasteiger partial charge in [-0.05, 0) is 42.2 Å². The Morgan fingerprint density at radius 2 is 1.52 bits per heavy atom. The van der Waals surface area contributed by atoms with Gasteiger partial charge in [-0.25, -0.2) is 0 Å². The second-order valence-electron chi connectivity index (χ2n) is 8.62. The van der Waals surface area contributed by atoms with Crippen LogP contribution in [0, 0.1) is 5.92 Å². The number of fused-ring (bicyclic) bond motifs is 4. The highest BCUT2D eigenvalue weighted by Crippen LogP contribution is 2.50. The SMILES string of the molecule is O=C(Oc1ccc([S+]2CCCC2)c2ccccc12)C1c2ccccc2C2C=CC=CC21. The molecule has 0 amide bonds. The van der Waals surface area contributed by atoms with Crippen LogP contribution in [0.1, 0.15) is 35.8 Å². The van der Waals surface area contributed by atoms with Crippen LogP contribution < -0.4 is 4.74 Å². The first-order valence-electron chi connectivity index (χ1n) is 11.2. The third kappa shape index (κ3) is 3.14. The van der Waals surface area contributed by atoms with E-state index in [1.54, 1.807) is 0 Å². The smallest absolute Gasteiger partial charge is 0.319 e. The Morgan fingerprint density at radius 1 is 0.806 bits per heavy atom. The summed E-state index contributed by atoms with van der Waals surface area (Å²) in [6.45, 7) is 0. The highest BCUT2D eigenvalue weighted by molar-refractivity contribution is 7.97. The van der Waals surface area contributed by atoms with Crippen molar-refractivity contribution < 1.29 is 9.53 Å². The quantitative estimate of drug-likeness (QED) is 0.286. The third-order valence-electron chi connectivity index (χ3n) is 6.90. The summed E-state index contributed by atoms with van der Waals surface area (Å²) in [7, 11) is 0.319. The molecule has 1 fully saturated rings.